The molecule has 3 amide bonds. The normalized spacial score (nSPS) is 13.1. The van der Waals surface area contributed by atoms with Crippen LogP contribution >= 0.6 is 0 Å². The topological polar surface area (TPSA) is 122 Å². The molecule has 0 aliphatic heterocycles. The summed E-state index contributed by atoms with van der Waals surface area (Å²) in [5.41, 5.74) is 7.92. The maximum absolute atomic E-state index is 12.7. The number of carbonyl (C=O) groups is 3. The molecular weight excluding hydrogens is 358 g/mol. The number of hydrogen-bond acceptors (Lipinski definition) is 4. The van der Waals surface area contributed by atoms with Crippen molar-refractivity contribution in [1.29, 1.82) is 0 Å². The molecule has 7 nitrogen and oxygen atoms in total. The van der Waals surface area contributed by atoms with Crippen LogP contribution in [0.25, 0.3) is 10.8 Å². The number of benzene rings is 2. The van der Waals surface area contributed by atoms with E-state index in [1.807, 2.05) is 56.3 Å². The first-order valence-electron chi connectivity index (χ1n) is 9.30. The van der Waals surface area contributed by atoms with E-state index in [4.69, 9.17) is 10.9 Å². The van der Waals surface area contributed by atoms with Crippen LogP contribution in [-0.4, -0.2) is 29.0 Å². The minimum atomic E-state index is -0.888. The van der Waals surface area contributed by atoms with E-state index < -0.39 is 29.7 Å². The Labute approximate surface area is 164 Å². The number of nitrogens with one attached hydrogen (secondary N) is 2. The fourth-order valence-corrected chi connectivity index (χ4v) is 3.24. The Morgan fingerprint density at radius 3 is 2.36 bits per heavy atom. The fourth-order valence-electron chi connectivity index (χ4n) is 3.24. The predicted molar refractivity (Wildman–Crippen MR) is 106 cm³/mol. The maximum atomic E-state index is 12.7. The Hall–Kier alpha value is -2.93. The lowest BCUT2D eigenvalue weighted by molar-refractivity contribution is -0.136. The summed E-state index contributed by atoms with van der Waals surface area (Å²) < 4.78 is 0. The first-order chi connectivity index (χ1) is 13.3. The molecule has 0 aliphatic rings. The van der Waals surface area contributed by atoms with Gasteiger partial charge < -0.3 is 11.1 Å². The Kier molecular flexibility index (Phi) is 7.52. The standard InChI is InChI=1S/C21H27N3O4/c1-13(2)9-17(12-19(25)24-28)21(27)23-18(20(22)26)11-14-7-8-15-5-3-4-6-16(15)10-14/h3-8,10,13,17-18,28H,9,11-12H2,1-2H3,(H2,22,26)(H,23,27)(H,24,25)/t17?,18-/m0/s1. The van der Waals surface area contributed by atoms with Gasteiger partial charge in [0.1, 0.15) is 6.04 Å². The monoisotopic (exact) mass is 385 g/mol. The summed E-state index contributed by atoms with van der Waals surface area (Å²) in [5.74, 6) is -2.22. The smallest absolute Gasteiger partial charge is 0.244 e. The van der Waals surface area contributed by atoms with Crippen LogP contribution in [0.3, 0.4) is 0 Å². The molecule has 0 fully saturated rings. The van der Waals surface area contributed by atoms with Gasteiger partial charge in [0, 0.05) is 18.8 Å². The summed E-state index contributed by atoms with van der Waals surface area (Å²) in [6.45, 7) is 3.86. The lowest BCUT2D eigenvalue weighted by Gasteiger charge is -2.22. The molecule has 150 valence electrons. The zero-order valence-corrected chi connectivity index (χ0v) is 16.1. The zero-order chi connectivity index (χ0) is 20.7. The van der Waals surface area contributed by atoms with Crippen molar-refractivity contribution >= 4 is 28.5 Å². The largest absolute Gasteiger partial charge is 0.368 e. The van der Waals surface area contributed by atoms with E-state index >= 15 is 0 Å². The summed E-state index contributed by atoms with van der Waals surface area (Å²) in [6, 6.07) is 12.8. The van der Waals surface area contributed by atoms with Crippen molar-refractivity contribution in [3.05, 3.63) is 48.0 Å². The van der Waals surface area contributed by atoms with Gasteiger partial charge in [-0.05, 0) is 28.7 Å². The molecule has 7 heteroatoms. The van der Waals surface area contributed by atoms with Crippen LogP contribution in [0.2, 0.25) is 0 Å². The highest BCUT2D eigenvalue weighted by molar-refractivity contribution is 5.90. The molecular formula is C21H27N3O4. The van der Waals surface area contributed by atoms with Gasteiger partial charge in [-0.1, -0.05) is 56.3 Å². The quantitative estimate of drug-likeness (QED) is 0.389. The third-order valence-electron chi connectivity index (χ3n) is 4.60. The molecule has 28 heavy (non-hydrogen) atoms. The van der Waals surface area contributed by atoms with Gasteiger partial charge in [0.25, 0.3) is 0 Å². The molecule has 0 radical (unpaired) electrons. The molecule has 0 saturated carbocycles. The van der Waals surface area contributed by atoms with Gasteiger partial charge in [0.15, 0.2) is 0 Å². The number of fused-ring (bicyclic) bond motifs is 1. The average molecular weight is 385 g/mol. The predicted octanol–water partition coefficient (Wildman–Crippen LogP) is 1.91. The van der Waals surface area contributed by atoms with E-state index in [9.17, 15) is 14.4 Å². The Balaban J connectivity index is 2.13. The molecule has 0 heterocycles. The van der Waals surface area contributed by atoms with E-state index in [0.717, 1.165) is 16.3 Å². The van der Waals surface area contributed by atoms with Crippen molar-refractivity contribution in [2.75, 3.05) is 0 Å². The Bertz CT molecular complexity index is 850. The molecule has 2 atom stereocenters. The molecule has 0 saturated heterocycles. The van der Waals surface area contributed by atoms with Crippen LogP contribution in [0.5, 0.6) is 0 Å². The number of rotatable bonds is 9. The molecule has 0 bridgehead atoms. The second-order valence-electron chi connectivity index (χ2n) is 7.41. The lowest BCUT2D eigenvalue weighted by atomic mass is 9.92. The number of hydrogen-bond donors (Lipinski definition) is 4. The molecule has 0 aromatic heterocycles. The first kappa shape index (κ1) is 21.4. The highest BCUT2D eigenvalue weighted by Crippen LogP contribution is 2.18. The Morgan fingerprint density at radius 2 is 1.75 bits per heavy atom. The van der Waals surface area contributed by atoms with Crippen LogP contribution in [0.4, 0.5) is 0 Å². The van der Waals surface area contributed by atoms with Crippen molar-refractivity contribution in [1.82, 2.24) is 10.8 Å². The average Bonchev–Trinajstić information content (AvgIpc) is 2.66. The van der Waals surface area contributed by atoms with Crippen LogP contribution in [0, 0.1) is 11.8 Å². The van der Waals surface area contributed by atoms with Crippen LogP contribution < -0.4 is 16.5 Å². The van der Waals surface area contributed by atoms with Crippen molar-refractivity contribution in [3.8, 4) is 0 Å². The SMILES string of the molecule is CC(C)CC(CC(=O)NO)C(=O)N[C@@H](Cc1ccc2ccccc2c1)C(N)=O. The highest BCUT2D eigenvalue weighted by atomic mass is 16.5. The van der Waals surface area contributed by atoms with Crippen molar-refractivity contribution in [3.63, 3.8) is 0 Å². The van der Waals surface area contributed by atoms with Crippen molar-refractivity contribution in [2.24, 2.45) is 17.6 Å². The summed E-state index contributed by atoms with van der Waals surface area (Å²) in [6.07, 6.45) is 0.537. The van der Waals surface area contributed by atoms with Crippen molar-refractivity contribution in [2.45, 2.75) is 39.2 Å². The van der Waals surface area contributed by atoms with Gasteiger partial charge >= 0.3 is 0 Å². The second kappa shape index (κ2) is 9.85. The van der Waals surface area contributed by atoms with Gasteiger partial charge in [-0.2, -0.15) is 0 Å². The molecule has 0 aliphatic carbocycles. The van der Waals surface area contributed by atoms with Crippen LogP contribution in [0.1, 0.15) is 32.3 Å². The lowest BCUT2D eigenvalue weighted by Crippen LogP contribution is -2.48. The van der Waals surface area contributed by atoms with Gasteiger partial charge in [0.2, 0.25) is 17.7 Å². The molecule has 2 aromatic rings. The number of amides is 3. The number of hydroxylamine groups is 1. The third-order valence-corrected chi connectivity index (χ3v) is 4.60. The fraction of sp³-hybridized carbons (Fsp3) is 0.381. The second-order valence-corrected chi connectivity index (χ2v) is 7.41. The minimum Gasteiger partial charge on any atom is -0.368 e. The van der Waals surface area contributed by atoms with E-state index in [-0.39, 0.29) is 18.8 Å². The Morgan fingerprint density at radius 1 is 1.07 bits per heavy atom. The minimum absolute atomic E-state index is 0.162. The van der Waals surface area contributed by atoms with Crippen LogP contribution in [0.15, 0.2) is 42.5 Å². The van der Waals surface area contributed by atoms with Crippen LogP contribution in [-0.2, 0) is 20.8 Å². The van der Waals surface area contributed by atoms with Gasteiger partial charge in [-0.3, -0.25) is 19.6 Å². The first-order valence-corrected chi connectivity index (χ1v) is 9.30. The number of primary amides is 1. The van der Waals surface area contributed by atoms with E-state index in [2.05, 4.69) is 5.32 Å². The van der Waals surface area contributed by atoms with E-state index in [0.29, 0.717) is 6.42 Å². The van der Waals surface area contributed by atoms with E-state index in [1.165, 1.54) is 0 Å². The zero-order valence-electron chi connectivity index (χ0n) is 16.1. The molecule has 2 aromatic carbocycles. The maximum Gasteiger partial charge on any atom is 0.244 e. The van der Waals surface area contributed by atoms with E-state index in [1.54, 1.807) is 5.48 Å². The summed E-state index contributed by atoms with van der Waals surface area (Å²) >= 11 is 0. The molecule has 2 rings (SSSR count). The highest BCUT2D eigenvalue weighted by Gasteiger charge is 2.27. The van der Waals surface area contributed by atoms with Gasteiger partial charge in [-0.15, -0.1) is 0 Å². The molecule has 0 spiro atoms. The number of nitrogens with two attached hydrogens (primary N) is 1. The van der Waals surface area contributed by atoms with Crippen molar-refractivity contribution < 1.29 is 19.6 Å². The van der Waals surface area contributed by atoms with Gasteiger partial charge in [-0.25, -0.2) is 5.48 Å². The molecule has 5 N–H and O–H groups in total. The summed E-state index contributed by atoms with van der Waals surface area (Å²) in [4.78, 5) is 36.1. The molecule has 1 unspecified atom stereocenters. The third kappa shape index (κ3) is 6.06. The summed E-state index contributed by atoms with van der Waals surface area (Å²) in [7, 11) is 0. The summed E-state index contributed by atoms with van der Waals surface area (Å²) in [5, 5.41) is 13.5. The number of carbonyl (C=O) groups excluding carboxylic acids is 3. The van der Waals surface area contributed by atoms with Gasteiger partial charge in [0.05, 0.1) is 0 Å².